The molecule has 3 aromatic rings. The van der Waals surface area contributed by atoms with Crippen molar-refractivity contribution in [2.24, 2.45) is 12.1 Å². The Morgan fingerprint density at radius 2 is 1.94 bits per heavy atom. The van der Waals surface area contributed by atoms with Crippen LogP contribution in [0.1, 0.15) is 29.3 Å². The molecule has 11 nitrogen and oxygen atoms in total. The average molecular weight is 492 g/mol. The van der Waals surface area contributed by atoms with Crippen LogP contribution in [0.4, 0.5) is 19.5 Å². The number of hydrogen-bond donors (Lipinski definition) is 0. The summed E-state index contributed by atoms with van der Waals surface area (Å²) in [6.07, 6.45) is 3.16. The van der Waals surface area contributed by atoms with Gasteiger partial charge in [0.15, 0.2) is 5.82 Å². The lowest BCUT2D eigenvalue weighted by molar-refractivity contribution is 0.139. The number of amides is 2. The molecule has 13 heteroatoms. The molecule has 0 aliphatic carbocycles. The summed E-state index contributed by atoms with van der Waals surface area (Å²) in [5.74, 6) is -0.761. The van der Waals surface area contributed by atoms with Crippen LogP contribution < -0.4 is 4.90 Å². The van der Waals surface area contributed by atoms with E-state index >= 15 is 0 Å². The third-order valence-corrected chi connectivity index (χ3v) is 6.24. The van der Waals surface area contributed by atoms with Crippen LogP contribution >= 0.6 is 0 Å². The smallest absolute Gasteiger partial charge is 0.337 e. The highest BCUT2D eigenvalue weighted by Crippen LogP contribution is 2.31. The van der Waals surface area contributed by atoms with Gasteiger partial charge >= 0.3 is 6.03 Å². The summed E-state index contributed by atoms with van der Waals surface area (Å²) in [4.78, 5) is 25.4. The molecule has 4 heterocycles. The van der Waals surface area contributed by atoms with Gasteiger partial charge in [-0.1, -0.05) is 5.21 Å². The Balaban J connectivity index is 1.29. The largest absolute Gasteiger partial charge is 0.341 e. The van der Waals surface area contributed by atoms with Crippen LogP contribution in [0.25, 0.3) is 11.4 Å². The zero-order valence-corrected chi connectivity index (χ0v) is 19.6. The van der Waals surface area contributed by atoms with Crippen molar-refractivity contribution in [3.63, 3.8) is 0 Å². The van der Waals surface area contributed by atoms with Crippen LogP contribution in [-0.4, -0.2) is 73.3 Å². The van der Waals surface area contributed by atoms with E-state index in [1.165, 1.54) is 15.8 Å². The number of urea groups is 1. The van der Waals surface area contributed by atoms with E-state index in [0.717, 1.165) is 12.3 Å². The molecule has 0 unspecified atom stereocenters. The summed E-state index contributed by atoms with van der Waals surface area (Å²) in [5, 5.41) is 22.6. The van der Waals surface area contributed by atoms with E-state index < -0.39 is 17.7 Å². The fraction of sp³-hybridized carbons (Fsp3) is 0.348. The molecule has 5 rings (SSSR count). The molecule has 2 amide bonds. The molecule has 2 aromatic heterocycles. The molecule has 0 radical (unpaired) electrons. The molecule has 0 N–H and O–H groups in total. The molecule has 0 saturated carbocycles. The van der Waals surface area contributed by atoms with Crippen molar-refractivity contribution in [2.75, 3.05) is 31.1 Å². The molecule has 0 spiro atoms. The molecule has 1 fully saturated rings. The fourth-order valence-corrected chi connectivity index (χ4v) is 4.45. The summed E-state index contributed by atoms with van der Waals surface area (Å²) in [6, 6.07) is 5.18. The zero-order valence-electron chi connectivity index (χ0n) is 19.6. The van der Waals surface area contributed by atoms with Crippen molar-refractivity contribution >= 4 is 18.2 Å². The molecule has 1 atom stereocenters. The highest BCUT2D eigenvalue weighted by Gasteiger charge is 2.34. The van der Waals surface area contributed by atoms with Gasteiger partial charge < -0.3 is 9.80 Å². The van der Waals surface area contributed by atoms with Crippen LogP contribution in [0.3, 0.4) is 0 Å². The van der Waals surface area contributed by atoms with Gasteiger partial charge in [0.05, 0.1) is 29.6 Å². The maximum atomic E-state index is 14.5. The van der Waals surface area contributed by atoms with E-state index in [9.17, 15) is 13.6 Å². The van der Waals surface area contributed by atoms with Crippen LogP contribution in [0.15, 0.2) is 29.5 Å². The Kier molecular flexibility index (Phi) is 6.01. The number of carbonyl (C=O) groups excluding carboxylic acids is 1. The van der Waals surface area contributed by atoms with Gasteiger partial charge in [-0.3, -0.25) is 0 Å². The van der Waals surface area contributed by atoms with Crippen LogP contribution in [-0.2, 0) is 7.05 Å². The van der Waals surface area contributed by atoms with Crippen LogP contribution in [0.5, 0.6) is 0 Å². The fourth-order valence-electron chi connectivity index (χ4n) is 4.45. The predicted octanol–water partition coefficient (Wildman–Crippen LogP) is 2.41. The summed E-state index contributed by atoms with van der Waals surface area (Å²) < 4.78 is 30.0. The Morgan fingerprint density at radius 3 is 2.64 bits per heavy atom. The number of hydrogen-bond acceptors (Lipinski definition) is 8. The van der Waals surface area contributed by atoms with Gasteiger partial charge in [0.25, 0.3) is 0 Å². The van der Waals surface area contributed by atoms with Gasteiger partial charge in [-0.25, -0.2) is 33.2 Å². The zero-order chi connectivity index (χ0) is 25.4. The number of halogens is 2. The van der Waals surface area contributed by atoms with Crippen molar-refractivity contribution < 1.29 is 13.6 Å². The number of rotatable bonds is 3. The first-order valence-electron chi connectivity index (χ1n) is 11.3. The highest BCUT2D eigenvalue weighted by molar-refractivity contribution is 5.79. The molecule has 2 aliphatic rings. The van der Waals surface area contributed by atoms with Gasteiger partial charge in [0.1, 0.15) is 17.2 Å². The minimum atomic E-state index is -0.573. The monoisotopic (exact) mass is 492 g/mol. The number of nitriles is 1. The number of nitrogens with zero attached hydrogens (tertiary/aromatic N) is 10. The molecular formula is C23H22F2N10O. The normalized spacial score (nSPS) is 17.5. The minimum absolute atomic E-state index is 0.115. The predicted molar refractivity (Wildman–Crippen MR) is 125 cm³/mol. The third-order valence-electron chi connectivity index (χ3n) is 6.24. The Bertz CT molecular complexity index is 1370. The number of carbonyl (C=O) groups is 1. The van der Waals surface area contributed by atoms with Gasteiger partial charge in [-0.05, 0) is 30.7 Å². The Hall–Kier alpha value is -4.47. The number of anilines is 1. The minimum Gasteiger partial charge on any atom is -0.337 e. The van der Waals surface area contributed by atoms with E-state index in [4.69, 9.17) is 5.26 Å². The first-order valence-corrected chi connectivity index (χ1v) is 11.3. The van der Waals surface area contributed by atoms with E-state index in [1.54, 1.807) is 31.2 Å². The SMILES string of the molecule is Cc1nnn(C)c1-c1nc(N2CCN(C(=O)N3N=CC[C@H]3c3cc(F)cc(C#N)c3)CC2)ncc1F. The van der Waals surface area contributed by atoms with Crippen LogP contribution in [0.2, 0.25) is 0 Å². The quantitative estimate of drug-likeness (QED) is 0.551. The van der Waals surface area contributed by atoms with Crippen molar-refractivity contribution in [3.05, 3.63) is 52.9 Å². The maximum absolute atomic E-state index is 14.5. The topological polar surface area (TPSA) is 119 Å². The summed E-state index contributed by atoms with van der Waals surface area (Å²) in [5.41, 5.74) is 1.85. The average Bonchev–Trinajstić information content (AvgIpc) is 3.50. The summed E-state index contributed by atoms with van der Waals surface area (Å²) in [6.45, 7) is 3.33. The van der Waals surface area contributed by atoms with Gasteiger partial charge in [0.2, 0.25) is 5.95 Å². The van der Waals surface area contributed by atoms with E-state index in [0.29, 0.717) is 55.5 Å². The lowest BCUT2D eigenvalue weighted by Crippen LogP contribution is -2.52. The van der Waals surface area contributed by atoms with E-state index in [1.807, 2.05) is 11.0 Å². The van der Waals surface area contributed by atoms with Crippen molar-refractivity contribution in [1.29, 1.82) is 5.26 Å². The van der Waals surface area contributed by atoms with Crippen LogP contribution in [0, 0.1) is 29.9 Å². The molecule has 1 saturated heterocycles. The molecule has 36 heavy (non-hydrogen) atoms. The Morgan fingerprint density at radius 1 is 1.17 bits per heavy atom. The van der Waals surface area contributed by atoms with Crippen molar-refractivity contribution in [3.8, 4) is 17.5 Å². The number of piperazine rings is 1. The molecule has 184 valence electrons. The number of aryl methyl sites for hydroxylation is 2. The second kappa shape index (κ2) is 9.29. The van der Waals surface area contributed by atoms with E-state index in [-0.39, 0.29) is 17.3 Å². The van der Waals surface area contributed by atoms with Crippen molar-refractivity contribution in [1.82, 2.24) is 34.9 Å². The number of hydrazone groups is 1. The maximum Gasteiger partial charge on any atom is 0.341 e. The lowest BCUT2D eigenvalue weighted by Gasteiger charge is -2.37. The summed E-state index contributed by atoms with van der Waals surface area (Å²) in [7, 11) is 1.67. The first kappa shape index (κ1) is 23.3. The summed E-state index contributed by atoms with van der Waals surface area (Å²) >= 11 is 0. The van der Waals surface area contributed by atoms with Gasteiger partial charge in [0, 0.05) is 45.9 Å². The Labute approximate surface area is 205 Å². The van der Waals surface area contributed by atoms with E-state index in [2.05, 4.69) is 25.4 Å². The lowest BCUT2D eigenvalue weighted by atomic mass is 10.0. The first-order chi connectivity index (χ1) is 17.4. The number of aromatic nitrogens is 5. The second-order valence-electron chi connectivity index (χ2n) is 8.55. The molecule has 2 aliphatic heterocycles. The highest BCUT2D eigenvalue weighted by atomic mass is 19.1. The van der Waals surface area contributed by atoms with Gasteiger partial charge in [-0.2, -0.15) is 10.4 Å². The van der Waals surface area contributed by atoms with Crippen molar-refractivity contribution in [2.45, 2.75) is 19.4 Å². The van der Waals surface area contributed by atoms with Gasteiger partial charge in [-0.15, -0.1) is 5.10 Å². The standard InChI is InChI=1S/C23H22F2N10O/c1-14-21(32(2)31-30-14)20-18(25)13-27-22(29-20)33-5-7-34(8-6-33)23(36)35-19(3-4-28-35)16-9-15(12-26)10-17(24)11-16/h4,9-11,13,19H,3,5-8H2,1-2H3/t19-/m0/s1. The molecule has 1 aromatic carbocycles. The molecule has 0 bridgehead atoms. The number of benzene rings is 1. The second-order valence-corrected chi connectivity index (χ2v) is 8.55. The third kappa shape index (κ3) is 4.21. The molecular weight excluding hydrogens is 470 g/mol.